The molecule has 0 saturated carbocycles. The van der Waals surface area contributed by atoms with E-state index in [9.17, 15) is 4.79 Å². The Morgan fingerprint density at radius 2 is 1.85 bits per heavy atom. The number of nitrogens with zero attached hydrogens (tertiary/aromatic N) is 3. The van der Waals surface area contributed by atoms with Gasteiger partial charge in [0, 0.05) is 21.2 Å². The predicted octanol–water partition coefficient (Wildman–Crippen LogP) is 6.72. The molecule has 2 heterocycles. The first-order chi connectivity index (χ1) is 15.2. The van der Waals surface area contributed by atoms with Crippen molar-refractivity contribution in [2.75, 3.05) is 13.2 Å². The van der Waals surface area contributed by atoms with Crippen molar-refractivity contribution in [2.24, 2.45) is 0 Å². The summed E-state index contributed by atoms with van der Waals surface area (Å²) in [7, 11) is -1.17. The SMILES string of the molecule is CC(C)(C)OC(=O)N1CCCC1c1nc2cc(C(C)(C)C)ccc2n1COCC[Si](C)(C)C. The van der Waals surface area contributed by atoms with Crippen LogP contribution < -0.4 is 0 Å². The highest BCUT2D eigenvalue weighted by Crippen LogP contribution is 2.35. The third-order valence-corrected chi connectivity index (χ3v) is 7.74. The number of hydrogen-bond acceptors (Lipinski definition) is 4. The molecule has 1 amide bonds. The van der Waals surface area contributed by atoms with E-state index < -0.39 is 13.7 Å². The van der Waals surface area contributed by atoms with E-state index in [2.05, 4.69) is 63.2 Å². The molecule has 1 aliphatic heterocycles. The molecule has 1 fully saturated rings. The highest BCUT2D eigenvalue weighted by Gasteiger charge is 2.36. The molecule has 0 bridgehead atoms. The third kappa shape index (κ3) is 6.60. The molecule has 184 valence electrons. The lowest BCUT2D eigenvalue weighted by atomic mass is 9.87. The number of benzene rings is 1. The summed E-state index contributed by atoms with van der Waals surface area (Å²) < 4.78 is 14.0. The second-order valence-electron chi connectivity index (χ2n) is 12.5. The number of ether oxygens (including phenoxy) is 2. The Morgan fingerprint density at radius 3 is 2.45 bits per heavy atom. The van der Waals surface area contributed by atoms with Crippen LogP contribution in [0.1, 0.15) is 71.8 Å². The van der Waals surface area contributed by atoms with Crippen molar-refractivity contribution in [3.8, 4) is 0 Å². The maximum atomic E-state index is 13.0. The van der Waals surface area contributed by atoms with Crippen molar-refractivity contribution in [2.45, 2.75) is 104 Å². The molecule has 0 N–H and O–H groups in total. The molecule has 0 radical (unpaired) electrons. The van der Waals surface area contributed by atoms with Gasteiger partial charge in [0.25, 0.3) is 0 Å². The quantitative estimate of drug-likeness (QED) is 0.345. The van der Waals surface area contributed by atoms with Crippen LogP contribution in [0, 0.1) is 0 Å². The van der Waals surface area contributed by atoms with Gasteiger partial charge in [-0.1, -0.05) is 46.5 Å². The van der Waals surface area contributed by atoms with Crippen LogP contribution in [0.15, 0.2) is 18.2 Å². The average Bonchev–Trinajstić information content (AvgIpc) is 3.26. The number of rotatable bonds is 6. The molecule has 1 unspecified atom stereocenters. The summed E-state index contributed by atoms with van der Waals surface area (Å²) in [5.74, 6) is 0.896. The molecule has 7 heteroatoms. The van der Waals surface area contributed by atoms with E-state index in [1.807, 2.05) is 25.7 Å². The largest absolute Gasteiger partial charge is 0.444 e. The summed E-state index contributed by atoms with van der Waals surface area (Å²) >= 11 is 0. The summed E-state index contributed by atoms with van der Waals surface area (Å²) in [4.78, 5) is 19.9. The van der Waals surface area contributed by atoms with E-state index in [0.29, 0.717) is 13.3 Å². The molecule has 0 spiro atoms. The van der Waals surface area contributed by atoms with Crippen molar-refractivity contribution < 1.29 is 14.3 Å². The molecule has 1 saturated heterocycles. The van der Waals surface area contributed by atoms with Crippen LogP contribution in [-0.2, 0) is 21.6 Å². The Morgan fingerprint density at radius 1 is 1.15 bits per heavy atom. The zero-order chi connectivity index (χ0) is 24.6. The zero-order valence-electron chi connectivity index (χ0n) is 22.1. The molecule has 0 aliphatic carbocycles. The van der Waals surface area contributed by atoms with Gasteiger partial charge in [0.2, 0.25) is 0 Å². The minimum Gasteiger partial charge on any atom is -0.444 e. The van der Waals surface area contributed by atoms with Crippen LogP contribution in [0.3, 0.4) is 0 Å². The molecule has 1 aromatic carbocycles. The van der Waals surface area contributed by atoms with Crippen LogP contribution in [0.4, 0.5) is 4.79 Å². The number of carbonyl (C=O) groups excluding carboxylic acids is 1. The Labute approximate surface area is 200 Å². The second-order valence-corrected chi connectivity index (χ2v) is 18.2. The van der Waals surface area contributed by atoms with Gasteiger partial charge in [0.1, 0.15) is 18.2 Å². The molecular weight excluding hydrogens is 430 g/mol. The lowest BCUT2D eigenvalue weighted by Gasteiger charge is -2.28. The smallest absolute Gasteiger partial charge is 0.410 e. The molecule has 33 heavy (non-hydrogen) atoms. The van der Waals surface area contributed by atoms with E-state index >= 15 is 0 Å². The first-order valence-corrected chi connectivity index (χ1v) is 15.9. The summed E-state index contributed by atoms with van der Waals surface area (Å²) in [6, 6.07) is 7.54. The average molecular weight is 474 g/mol. The van der Waals surface area contributed by atoms with Gasteiger partial charge in [-0.15, -0.1) is 0 Å². The maximum absolute atomic E-state index is 13.0. The first kappa shape index (κ1) is 25.8. The molecule has 1 aliphatic rings. The monoisotopic (exact) mass is 473 g/mol. The van der Waals surface area contributed by atoms with Gasteiger partial charge in [-0.3, -0.25) is 4.90 Å². The summed E-state index contributed by atoms with van der Waals surface area (Å²) in [6.45, 7) is 21.3. The molecule has 1 atom stereocenters. The fraction of sp³-hybridized carbons (Fsp3) is 0.692. The molecule has 6 nitrogen and oxygen atoms in total. The minimum atomic E-state index is -1.17. The van der Waals surface area contributed by atoms with Crippen molar-refractivity contribution in [3.63, 3.8) is 0 Å². The van der Waals surface area contributed by atoms with E-state index in [0.717, 1.165) is 42.4 Å². The zero-order valence-corrected chi connectivity index (χ0v) is 23.1. The Balaban J connectivity index is 1.96. The molecule has 2 aromatic rings. The van der Waals surface area contributed by atoms with Crippen LogP contribution in [0.5, 0.6) is 0 Å². The summed E-state index contributed by atoms with van der Waals surface area (Å²) in [5.41, 5.74) is 2.79. The van der Waals surface area contributed by atoms with Gasteiger partial charge in [-0.05, 0) is 62.8 Å². The van der Waals surface area contributed by atoms with Gasteiger partial charge in [0.15, 0.2) is 0 Å². The summed E-state index contributed by atoms with van der Waals surface area (Å²) in [6.07, 6.45) is 1.55. The van der Waals surface area contributed by atoms with Crippen LogP contribution in [-0.4, -0.2) is 47.4 Å². The maximum Gasteiger partial charge on any atom is 0.410 e. The van der Waals surface area contributed by atoms with E-state index in [1.165, 1.54) is 5.56 Å². The fourth-order valence-electron chi connectivity index (χ4n) is 4.11. The molecule has 3 rings (SSSR count). The lowest BCUT2D eigenvalue weighted by Crippen LogP contribution is -2.37. The number of hydrogen-bond donors (Lipinski definition) is 0. The standard InChI is InChI=1S/C26H43N3O3Si/c1-25(2,3)19-12-13-21-20(17-19)27-23(29(21)18-31-15-16-33(7,8)9)22-11-10-14-28(22)24(30)32-26(4,5)6/h12-13,17,22H,10-11,14-16,18H2,1-9H3. The van der Waals surface area contributed by atoms with Crippen molar-refractivity contribution in [3.05, 3.63) is 29.6 Å². The topological polar surface area (TPSA) is 56.6 Å². The van der Waals surface area contributed by atoms with Gasteiger partial charge in [-0.2, -0.15) is 0 Å². The summed E-state index contributed by atoms with van der Waals surface area (Å²) in [5, 5.41) is 0. The van der Waals surface area contributed by atoms with E-state index in [-0.39, 0.29) is 17.6 Å². The van der Waals surface area contributed by atoms with Gasteiger partial charge >= 0.3 is 6.09 Å². The second kappa shape index (κ2) is 9.41. The Kier molecular flexibility index (Phi) is 7.35. The highest BCUT2D eigenvalue weighted by atomic mass is 28.3. The number of imidazole rings is 1. The van der Waals surface area contributed by atoms with Gasteiger partial charge in [0.05, 0.1) is 17.1 Å². The van der Waals surface area contributed by atoms with E-state index in [4.69, 9.17) is 14.5 Å². The lowest BCUT2D eigenvalue weighted by molar-refractivity contribution is 0.0205. The minimum absolute atomic E-state index is 0.0435. The Bertz CT molecular complexity index is 980. The number of aromatic nitrogens is 2. The first-order valence-electron chi connectivity index (χ1n) is 12.2. The normalized spacial score (nSPS) is 17.7. The van der Waals surface area contributed by atoms with Crippen molar-refractivity contribution in [1.82, 2.24) is 14.5 Å². The van der Waals surface area contributed by atoms with Crippen LogP contribution in [0.25, 0.3) is 11.0 Å². The van der Waals surface area contributed by atoms with Crippen LogP contribution in [0.2, 0.25) is 25.7 Å². The molecular formula is C26H43N3O3Si. The number of fused-ring (bicyclic) bond motifs is 1. The number of carbonyl (C=O) groups is 1. The van der Waals surface area contributed by atoms with Gasteiger partial charge < -0.3 is 14.0 Å². The van der Waals surface area contributed by atoms with Crippen molar-refractivity contribution >= 4 is 25.2 Å². The van der Waals surface area contributed by atoms with Gasteiger partial charge in [-0.25, -0.2) is 9.78 Å². The highest BCUT2D eigenvalue weighted by molar-refractivity contribution is 6.76. The number of likely N-dealkylation sites (tertiary alicyclic amines) is 1. The van der Waals surface area contributed by atoms with E-state index in [1.54, 1.807) is 0 Å². The fourth-order valence-corrected chi connectivity index (χ4v) is 4.87. The van der Waals surface area contributed by atoms with Crippen LogP contribution >= 0.6 is 0 Å². The van der Waals surface area contributed by atoms with Crippen molar-refractivity contribution in [1.29, 1.82) is 0 Å². The third-order valence-electron chi connectivity index (χ3n) is 6.04. The molecule has 1 aromatic heterocycles. The predicted molar refractivity (Wildman–Crippen MR) is 137 cm³/mol. The number of amides is 1. The Hall–Kier alpha value is -1.86.